The third-order valence-electron chi connectivity index (χ3n) is 12.3. The Hall–Kier alpha value is -2.57. The first-order chi connectivity index (χ1) is 29.4. The molecule has 0 aromatic heterocycles. The van der Waals surface area contributed by atoms with Crippen LogP contribution in [0.15, 0.2) is 95.5 Å². The second-order valence-electron chi connectivity index (χ2n) is 17.1. The third kappa shape index (κ3) is 16.0. The molecule has 0 aliphatic carbocycles. The molecule has 0 bridgehead atoms. The molecular formula is C57H81BrNPd. The molecule has 0 saturated carbocycles. The number of allylic oxidation sites excluding steroid dienone is 1. The number of benzene rings is 4. The summed E-state index contributed by atoms with van der Waals surface area (Å²) in [5.74, 6) is 0. The van der Waals surface area contributed by atoms with Crippen LogP contribution in [0.25, 0.3) is 26.3 Å². The first-order valence-electron chi connectivity index (χ1n) is 24.2. The van der Waals surface area contributed by atoms with Crippen molar-refractivity contribution < 1.29 is 14.7 Å². The molecule has 0 radical (unpaired) electrons. The molecule has 0 spiro atoms. The Kier molecular flexibility index (Phi) is 24.1. The van der Waals surface area contributed by atoms with Crippen LogP contribution in [-0.4, -0.2) is 5.71 Å². The van der Waals surface area contributed by atoms with E-state index >= 15 is 0 Å². The zero-order valence-electron chi connectivity index (χ0n) is 39.0. The fourth-order valence-corrected chi connectivity index (χ4v) is 12.7. The van der Waals surface area contributed by atoms with Crippen molar-refractivity contribution in [3.8, 4) is 22.3 Å². The first kappa shape index (κ1) is 50.1. The summed E-state index contributed by atoms with van der Waals surface area (Å²) < 4.78 is 1.48. The van der Waals surface area contributed by atoms with Gasteiger partial charge in [-0.15, -0.1) is 0 Å². The third-order valence-corrected chi connectivity index (χ3v) is 15.9. The van der Waals surface area contributed by atoms with Gasteiger partial charge in [-0.25, -0.2) is 0 Å². The van der Waals surface area contributed by atoms with Gasteiger partial charge in [-0.2, -0.15) is 0 Å². The van der Waals surface area contributed by atoms with Crippen LogP contribution in [0.3, 0.4) is 0 Å². The van der Waals surface area contributed by atoms with E-state index in [9.17, 15) is 0 Å². The number of aryl methyl sites for hydroxylation is 2. The average molecular weight is 967 g/mol. The molecule has 4 aromatic carbocycles. The summed E-state index contributed by atoms with van der Waals surface area (Å²) in [6.07, 6.45) is 28.9. The van der Waals surface area contributed by atoms with Crippen molar-refractivity contribution in [2.45, 2.75) is 195 Å². The molecule has 60 heavy (non-hydrogen) atoms. The molecule has 0 unspecified atom stereocenters. The zero-order chi connectivity index (χ0) is 43.0. The Morgan fingerprint density at radius 3 is 1.43 bits per heavy atom. The Balaban J connectivity index is 1.87. The van der Waals surface area contributed by atoms with Crippen LogP contribution in [0.2, 0.25) is 5.40 Å². The van der Waals surface area contributed by atoms with E-state index in [0.29, 0.717) is 0 Å². The fourth-order valence-electron chi connectivity index (χ4n) is 8.90. The Bertz CT molecular complexity index is 1870. The number of halogens is 1. The Labute approximate surface area is 381 Å². The van der Waals surface area contributed by atoms with Crippen molar-refractivity contribution in [2.24, 2.45) is 4.99 Å². The van der Waals surface area contributed by atoms with E-state index < -0.39 is 14.7 Å². The van der Waals surface area contributed by atoms with Crippen molar-refractivity contribution >= 4 is 28.9 Å². The standard InChI is InChI=1S/C56H78N.CH3.BrH.Pd/c1-7-12-16-19-21-26-37-50-43-51(44-55(52(50)38-15-10-4)48-34-29-24-30-35-48)57-56(11-5)45(6)40-46-41-49(36-25-18-14-9-3)53(39-31-22-20-17-13-8-2)54(42-46)47-32-27-23-28-33-47;;;/h23-24,27-30,32-35,41-44H,7-22,25-26,31,36-39H2,1-6H3;1H3;1H;/q;;;+1/p-1. The quantitative estimate of drug-likeness (QED) is 0.0292. The van der Waals surface area contributed by atoms with E-state index in [-0.39, 0.29) is 0 Å². The molecule has 0 atom stereocenters. The second-order valence-corrected chi connectivity index (χ2v) is 24.0. The molecule has 0 N–H and O–H groups in total. The van der Waals surface area contributed by atoms with Gasteiger partial charge in [0.1, 0.15) is 0 Å². The predicted molar refractivity (Wildman–Crippen MR) is 269 cm³/mol. The van der Waals surface area contributed by atoms with Crippen LogP contribution in [0.5, 0.6) is 0 Å². The summed E-state index contributed by atoms with van der Waals surface area (Å²) in [4.78, 5) is 5.66. The number of hydrogen-bond donors (Lipinski definition) is 0. The summed E-state index contributed by atoms with van der Waals surface area (Å²) in [5, 5.41) is 2.43. The molecule has 0 aliphatic rings. The minimum atomic E-state index is -1.22. The van der Waals surface area contributed by atoms with E-state index in [1.54, 1.807) is 16.7 Å². The number of rotatable bonds is 29. The summed E-state index contributed by atoms with van der Waals surface area (Å²) in [5.41, 5.74) is 16.8. The summed E-state index contributed by atoms with van der Waals surface area (Å²) in [6, 6.07) is 32.5. The van der Waals surface area contributed by atoms with Crippen molar-refractivity contribution in [1.82, 2.24) is 0 Å². The van der Waals surface area contributed by atoms with Gasteiger partial charge >= 0.3 is 357 Å². The van der Waals surface area contributed by atoms with Gasteiger partial charge in [0.05, 0.1) is 0 Å². The van der Waals surface area contributed by atoms with E-state index in [2.05, 4.69) is 145 Å². The molecule has 331 valence electrons. The molecule has 0 aliphatic heterocycles. The Morgan fingerprint density at radius 2 is 0.933 bits per heavy atom. The number of nitrogens with zero attached hydrogens (tertiary/aromatic N) is 1. The van der Waals surface area contributed by atoms with Gasteiger partial charge in [-0.1, -0.05) is 26.7 Å². The summed E-state index contributed by atoms with van der Waals surface area (Å²) in [6.45, 7) is 13.9. The first-order valence-corrected chi connectivity index (χ1v) is 30.1. The van der Waals surface area contributed by atoms with Crippen LogP contribution in [-0.2, 0) is 40.4 Å². The van der Waals surface area contributed by atoms with Crippen molar-refractivity contribution in [3.05, 3.63) is 118 Å². The molecule has 0 fully saturated rings. The van der Waals surface area contributed by atoms with E-state index in [1.165, 1.54) is 164 Å². The van der Waals surface area contributed by atoms with E-state index in [0.717, 1.165) is 37.8 Å². The van der Waals surface area contributed by atoms with Gasteiger partial charge in [0, 0.05) is 0 Å². The van der Waals surface area contributed by atoms with Gasteiger partial charge in [-0.3, -0.25) is 0 Å². The number of unbranched alkanes of at least 4 members (excludes halogenated alkanes) is 14. The molecular weight excluding hydrogens is 885 g/mol. The molecule has 4 rings (SSSR count). The van der Waals surface area contributed by atoms with E-state index in [1.807, 2.05) is 0 Å². The molecule has 0 saturated heterocycles. The second kappa shape index (κ2) is 28.9. The summed E-state index contributed by atoms with van der Waals surface area (Å²) >= 11 is 3.05. The number of hydrogen-bond acceptors (Lipinski definition) is 1. The van der Waals surface area contributed by atoms with Crippen LogP contribution in [0.1, 0.15) is 191 Å². The van der Waals surface area contributed by atoms with Gasteiger partial charge in [0.25, 0.3) is 0 Å². The van der Waals surface area contributed by atoms with Crippen molar-refractivity contribution in [2.75, 3.05) is 0 Å². The normalized spacial score (nSPS) is 12.5. The predicted octanol–water partition coefficient (Wildman–Crippen LogP) is 19.2. The van der Waals surface area contributed by atoms with Crippen molar-refractivity contribution in [1.29, 1.82) is 0 Å². The zero-order valence-corrected chi connectivity index (χ0v) is 42.1. The van der Waals surface area contributed by atoms with Crippen LogP contribution >= 0.6 is 13.4 Å². The van der Waals surface area contributed by atoms with Crippen molar-refractivity contribution in [3.63, 3.8) is 0 Å². The van der Waals surface area contributed by atoms with E-state index in [4.69, 9.17) is 4.99 Å². The molecule has 0 amide bonds. The summed E-state index contributed by atoms with van der Waals surface area (Å²) in [7, 11) is 0. The van der Waals surface area contributed by atoms with Gasteiger partial charge < -0.3 is 0 Å². The van der Waals surface area contributed by atoms with Crippen LogP contribution in [0.4, 0.5) is 5.69 Å². The Morgan fingerprint density at radius 1 is 0.500 bits per heavy atom. The molecule has 4 aromatic rings. The van der Waals surface area contributed by atoms with Crippen LogP contribution in [0, 0.1) is 0 Å². The topological polar surface area (TPSA) is 12.4 Å². The SMILES string of the molecule is CCCCCCCCc1cc(N=C(CC)C(C)=[C](c2cc(CCCCCC)c(CCCCCCCC)c(-c3ccccc3)c2)[Pd]([CH3])[Br])cc(-c2ccccc2)c1CCCC. The average Bonchev–Trinajstić information content (AvgIpc) is 3.26. The van der Waals surface area contributed by atoms with Gasteiger partial charge in [0.15, 0.2) is 0 Å². The van der Waals surface area contributed by atoms with Crippen LogP contribution < -0.4 is 0 Å². The number of aliphatic imine (C=N–C) groups is 1. The molecule has 0 heterocycles. The monoisotopic (exact) mass is 964 g/mol. The maximum absolute atomic E-state index is 5.66. The maximum atomic E-state index is 5.66. The fraction of sp³-hybridized carbons (Fsp3) is 0.526. The van der Waals surface area contributed by atoms with Gasteiger partial charge in [-0.05, 0) is 0 Å². The minimum absolute atomic E-state index is 0.899. The van der Waals surface area contributed by atoms with Gasteiger partial charge in [0.2, 0.25) is 0 Å². The molecule has 1 nitrogen and oxygen atoms in total. The molecule has 3 heteroatoms.